The van der Waals surface area contributed by atoms with E-state index in [0.717, 1.165) is 12.8 Å². The number of halogens is 1. The molecule has 0 aliphatic heterocycles. The molecule has 0 saturated carbocycles. The Kier molecular flexibility index (Phi) is 6.75. The van der Waals surface area contributed by atoms with Gasteiger partial charge in [0.2, 0.25) is 0 Å². The van der Waals surface area contributed by atoms with E-state index in [4.69, 9.17) is 15.2 Å². The molecule has 0 radical (unpaired) electrons. The number of anilines is 1. The monoisotopic (exact) mass is 315 g/mol. The van der Waals surface area contributed by atoms with Gasteiger partial charge >= 0.3 is 5.97 Å². The van der Waals surface area contributed by atoms with Crippen LogP contribution in [0.25, 0.3) is 0 Å². The van der Waals surface area contributed by atoms with E-state index >= 15 is 0 Å². The second-order valence-electron chi connectivity index (χ2n) is 3.84. The number of hydrogen-bond acceptors (Lipinski definition) is 4. The predicted octanol–water partition coefficient (Wildman–Crippen LogP) is 3.00. The van der Waals surface area contributed by atoms with E-state index in [2.05, 4.69) is 22.9 Å². The van der Waals surface area contributed by atoms with Crippen LogP contribution >= 0.6 is 15.9 Å². The van der Waals surface area contributed by atoms with Crippen molar-refractivity contribution in [2.45, 2.75) is 19.8 Å². The Balaban J connectivity index is 2.30. The van der Waals surface area contributed by atoms with E-state index in [9.17, 15) is 4.79 Å². The van der Waals surface area contributed by atoms with Crippen LogP contribution in [-0.4, -0.2) is 25.8 Å². The summed E-state index contributed by atoms with van der Waals surface area (Å²) in [5.74, 6) is -0.366. The van der Waals surface area contributed by atoms with Gasteiger partial charge in [0.05, 0.1) is 12.2 Å². The molecule has 0 atom stereocenters. The Labute approximate surface area is 116 Å². The second kappa shape index (κ2) is 8.11. The molecule has 0 heterocycles. The normalized spacial score (nSPS) is 10.3. The number of esters is 1. The van der Waals surface area contributed by atoms with Crippen molar-refractivity contribution in [3.05, 3.63) is 28.2 Å². The Morgan fingerprint density at radius 3 is 2.78 bits per heavy atom. The molecule has 18 heavy (non-hydrogen) atoms. The van der Waals surface area contributed by atoms with E-state index < -0.39 is 0 Å². The lowest BCUT2D eigenvalue weighted by Gasteiger charge is -2.06. The number of hydrogen-bond donors (Lipinski definition) is 1. The summed E-state index contributed by atoms with van der Waals surface area (Å²) >= 11 is 3.27. The molecule has 1 aromatic rings. The molecule has 0 unspecified atom stereocenters. The lowest BCUT2D eigenvalue weighted by atomic mass is 10.2. The van der Waals surface area contributed by atoms with Crippen LogP contribution in [0.1, 0.15) is 30.1 Å². The Morgan fingerprint density at radius 2 is 2.11 bits per heavy atom. The molecule has 0 bridgehead atoms. The lowest BCUT2D eigenvalue weighted by Crippen LogP contribution is -2.11. The molecular formula is C13H18BrNO3. The highest BCUT2D eigenvalue weighted by molar-refractivity contribution is 9.10. The molecule has 5 heteroatoms. The van der Waals surface area contributed by atoms with Crippen molar-refractivity contribution in [2.75, 3.05) is 25.6 Å². The van der Waals surface area contributed by atoms with Gasteiger partial charge in [0, 0.05) is 16.8 Å². The third-order valence-electron chi connectivity index (χ3n) is 2.34. The molecule has 2 N–H and O–H groups in total. The third kappa shape index (κ3) is 5.06. The zero-order valence-electron chi connectivity index (χ0n) is 10.4. The highest BCUT2D eigenvalue weighted by Gasteiger charge is 2.08. The van der Waals surface area contributed by atoms with Crippen molar-refractivity contribution >= 4 is 27.6 Å². The van der Waals surface area contributed by atoms with Crippen LogP contribution in [-0.2, 0) is 9.47 Å². The Morgan fingerprint density at radius 1 is 1.33 bits per heavy atom. The maximum Gasteiger partial charge on any atom is 0.338 e. The predicted molar refractivity (Wildman–Crippen MR) is 74.6 cm³/mol. The van der Waals surface area contributed by atoms with Gasteiger partial charge in [0.25, 0.3) is 0 Å². The van der Waals surface area contributed by atoms with Gasteiger partial charge in [0.1, 0.15) is 6.61 Å². The minimum atomic E-state index is -0.366. The molecule has 0 fully saturated rings. The van der Waals surface area contributed by atoms with E-state index in [1.54, 1.807) is 18.2 Å². The van der Waals surface area contributed by atoms with Crippen molar-refractivity contribution in [3.8, 4) is 0 Å². The highest BCUT2D eigenvalue weighted by Crippen LogP contribution is 2.20. The second-order valence-corrected chi connectivity index (χ2v) is 4.69. The SMILES string of the molecule is CCCCOCCOC(=O)c1ccc(N)c(Br)c1. The van der Waals surface area contributed by atoms with Crippen molar-refractivity contribution in [3.63, 3.8) is 0 Å². The van der Waals surface area contributed by atoms with Crippen LogP contribution in [0, 0.1) is 0 Å². The fourth-order valence-electron chi connectivity index (χ4n) is 1.28. The first-order chi connectivity index (χ1) is 8.65. The molecule has 0 aliphatic carbocycles. The molecule has 0 amide bonds. The average Bonchev–Trinajstić information content (AvgIpc) is 2.36. The first kappa shape index (κ1) is 15.0. The fraction of sp³-hybridized carbons (Fsp3) is 0.462. The maximum absolute atomic E-state index is 11.7. The molecular weight excluding hydrogens is 298 g/mol. The topological polar surface area (TPSA) is 61.5 Å². The summed E-state index contributed by atoms with van der Waals surface area (Å²) in [5, 5.41) is 0. The van der Waals surface area contributed by atoms with Gasteiger partial charge in [-0.15, -0.1) is 0 Å². The van der Waals surface area contributed by atoms with Crippen molar-refractivity contribution < 1.29 is 14.3 Å². The van der Waals surface area contributed by atoms with Crippen LogP contribution in [0.15, 0.2) is 22.7 Å². The zero-order chi connectivity index (χ0) is 13.4. The summed E-state index contributed by atoms with van der Waals surface area (Å²) in [4.78, 5) is 11.7. The van der Waals surface area contributed by atoms with E-state index in [1.807, 2.05) is 0 Å². The molecule has 0 saturated heterocycles. The van der Waals surface area contributed by atoms with Gasteiger partial charge in [-0.1, -0.05) is 13.3 Å². The largest absolute Gasteiger partial charge is 0.460 e. The van der Waals surface area contributed by atoms with Crippen LogP contribution in [0.4, 0.5) is 5.69 Å². The smallest absolute Gasteiger partial charge is 0.338 e. The van der Waals surface area contributed by atoms with Crippen LogP contribution in [0.2, 0.25) is 0 Å². The minimum Gasteiger partial charge on any atom is -0.460 e. The number of unbranched alkanes of at least 4 members (excludes halogenated alkanes) is 1. The number of nitrogens with two attached hydrogens (primary N) is 1. The fourth-order valence-corrected chi connectivity index (χ4v) is 1.66. The summed E-state index contributed by atoms with van der Waals surface area (Å²) in [6, 6.07) is 4.95. The quantitative estimate of drug-likeness (QED) is 0.477. The maximum atomic E-state index is 11.7. The summed E-state index contributed by atoms with van der Waals surface area (Å²) in [6.45, 7) is 3.51. The van der Waals surface area contributed by atoms with Gasteiger partial charge < -0.3 is 15.2 Å². The van der Waals surface area contributed by atoms with Crippen LogP contribution in [0.5, 0.6) is 0 Å². The van der Waals surface area contributed by atoms with Gasteiger partial charge in [-0.2, -0.15) is 0 Å². The van der Waals surface area contributed by atoms with Crippen LogP contribution < -0.4 is 5.73 Å². The summed E-state index contributed by atoms with van der Waals surface area (Å²) < 4.78 is 11.1. The molecule has 0 spiro atoms. The van der Waals surface area contributed by atoms with E-state index in [1.165, 1.54) is 0 Å². The molecule has 0 aliphatic rings. The number of benzene rings is 1. The molecule has 100 valence electrons. The van der Waals surface area contributed by atoms with Gasteiger partial charge in [-0.05, 0) is 40.5 Å². The molecule has 4 nitrogen and oxygen atoms in total. The van der Waals surface area contributed by atoms with E-state index in [-0.39, 0.29) is 12.6 Å². The summed E-state index contributed by atoms with van der Waals surface area (Å²) in [7, 11) is 0. The Hall–Kier alpha value is -1.07. The Bertz CT molecular complexity index is 396. The first-order valence-corrected chi connectivity index (χ1v) is 6.74. The number of ether oxygens (including phenoxy) is 2. The summed E-state index contributed by atoms with van der Waals surface area (Å²) in [6.07, 6.45) is 2.12. The average molecular weight is 316 g/mol. The van der Waals surface area contributed by atoms with Crippen molar-refractivity contribution in [1.29, 1.82) is 0 Å². The molecule has 0 aromatic heterocycles. The molecule has 1 rings (SSSR count). The van der Waals surface area contributed by atoms with Gasteiger partial charge in [-0.25, -0.2) is 4.79 Å². The standard InChI is InChI=1S/C13H18BrNO3/c1-2-3-6-17-7-8-18-13(16)10-4-5-12(15)11(14)9-10/h4-5,9H,2-3,6-8,15H2,1H3. The minimum absolute atomic E-state index is 0.268. The highest BCUT2D eigenvalue weighted by atomic mass is 79.9. The zero-order valence-corrected chi connectivity index (χ0v) is 12.0. The third-order valence-corrected chi connectivity index (χ3v) is 3.03. The first-order valence-electron chi connectivity index (χ1n) is 5.95. The lowest BCUT2D eigenvalue weighted by molar-refractivity contribution is 0.0314. The molecule has 1 aromatic carbocycles. The van der Waals surface area contributed by atoms with Gasteiger partial charge in [-0.3, -0.25) is 0 Å². The number of carbonyl (C=O) groups is 1. The van der Waals surface area contributed by atoms with Crippen LogP contribution in [0.3, 0.4) is 0 Å². The van der Waals surface area contributed by atoms with E-state index in [0.29, 0.717) is 28.9 Å². The van der Waals surface area contributed by atoms with Crippen molar-refractivity contribution in [2.24, 2.45) is 0 Å². The van der Waals surface area contributed by atoms with Crippen molar-refractivity contribution in [1.82, 2.24) is 0 Å². The number of nitrogen functional groups attached to an aromatic ring is 1. The number of carbonyl (C=O) groups excluding carboxylic acids is 1. The number of rotatable bonds is 7. The summed E-state index contributed by atoms with van der Waals surface area (Å²) in [5.41, 5.74) is 6.71. The van der Waals surface area contributed by atoms with Gasteiger partial charge in [0.15, 0.2) is 0 Å².